The molecule has 18 heavy (non-hydrogen) atoms. The zero-order chi connectivity index (χ0) is 13.8. The number of aliphatic hydroxyl groups excluding tert-OH is 1. The summed E-state index contributed by atoms with van der Waals surface area (Å²) in [6.07, 6.45) is 0.553. The van der Waals surface area contributed by atoms with Crippen LogP contribution in [0.25, 0.3) is 0 Å². The molecule has 1 aliphatic rings. The van der Waals surface area contributed by atoms with E-state index in [-0.39, 0.29) is 16.7 Å². The molecule has 0 unspecified atom stereocenters. The molecule has 0 saturated carbocycles. The highest BCUT2D eigenvalue weighted by molar-refractivity contribution is 14.1. The third-order valence-corrected chi connectivity index (χ3v) is 3.86. The highest BCUT2D eigenvalue weighted by Gasteiger charge is 2.30. The van der Waals surface area contributed by atoms with Crippen LogP contribution in [-0.2, 0) is 4.74 Å². The molecular formula is C12H23IN2O3. The lowest BCUT2D eigenvalue weighted by Gasteiger charge is -2.39. The number of hydrogen-bond donors (Lipinski definition) is 1. The largest absolute Gasteiger partial charge is 0.444 e. The van der Waals surface area contributed by atoms with Crippen LogP contribution in [0.1, 0.15) is 27.2 Å². The first-order valence-electron chi connectivity index (χ1n) is 6.30. The van der Waals surface area contributed by atoms with Gasteiger partial charge in [0, 0.05) is 32.8 Å². The zero-order valence-electron chi connectivity index (χ0n) is 11.4. The van der Waals surface area contributed by atoms with Crippen LogP contribution in [0, 0.1) is 0 Å². The molecule has 1 fully saturated rings. The number of ether oxygens (including phenoxy) is 1. The Morgan fingerprint density at radius 3 is 2.61 bits per heavy atom. The van der Waals surface area contributed by atoms with E-state index in [2.05, 4.69) is 27.5 Å². The van der Waals surface area contributed by atoms with E-state index in [1.54, 1.807) is 4.90 Å². The van der Waals surface area contributed by atoms with Crippen LogP contribution in [0.2, 0.25) is 0 Å². The van der Waals surface area contributed by atoms with Gasteiger partial charge >= 0.3 is 6.09 Å². The molecule has 1 atom stereocenters. The Morgan fingerprint density at radius 2 is 2.11 bits per heavy atom. The molecule has 1 rings (SSSR count). The predicted molar refractivity (Wildman–Crippen MR) is 78.9 cm³/mol. The van der Waals surface area contributed by atoms with Gasteiger partial charge in [0.25, 0.3) is 0 Å². The van der Waals surface area contributed by atoms with Crippen molar-refractivity contribution in [3.05, 3.63) is 0 Å². The van der Waals surface area contributed by atoms with Gasteiger partial charge in [0.05, 0.1) is 4.05 Å². The van der Waals surface area contributed by atoms with Crippen molar-refractivity contribution in [3.63, 3.8) is 0 Å². The Bertz CT molecular complexity index is 281. The summed E-state index contributed by atoms with van der Waals surface area (Å²) in [5, 5.41) is 8.84. The average molecular weight is 370 g/mol. The number of amides is 1. The molecule has 0 aromatic rings. The third kappa shape index (κ3) is 5.27. The number of aliphatic hydroxyl groups is 1. The molecule has 0 aromatic heterocycles. The van der Waals surface area contributed by atoms with E-state index in [0.29, 0.717) is 13.1 Å². The molecule has 6 heteroatoms. The third-order valence-electron chi connectivity index (χ3n) is 2.68. The van der Waals surface area contributed by atoms with Gasteiger partial charge in [-0.05, 0) is 27.2 Å². The van der Waals surface area contributed by atoms with E-state index < -0.39 is 5.60 Å². The summed E-state index contributed by atoms with van der Waals surface area (Å²) in [5.74, 6) is 0. The fourth-order valence-electron chi connectivity index (χ4n) is 1.80. The minimum absolute atomic E-state index is 0.218. The van der Waals surface area contributed by atoms with Crippen LogP contribution < -0.4 is 0 Å². The van der Waals surface area contributed by atoms with Crippen molar-refractivity contribution in [2.75, 3.05) is 32.8 Å². The number of carbonyl (C=O) groups excluding carboxylic acids is 1. The van der Waals surface area contributed by atoms with Crippen LogP contribution in [0.3, 0.4) is 0 Å². The van der Waals surface area contributed by atoms with Gasteiger partial charge in [-0.15, -0.1) is 0 Å². The lowest BCUT2D eigenvalue weighted by molar-refractivity contribution is 0.0127. The second kappa shape index (κ2) is 6.91. The highest BCUT2D eigenvalue weighted by atomic mass is 127. The molecule has 0 aliphatic carbocycles. The maximum absolute atomic E-state index is 11.9. The number of alkyl halides is 1. The van der Waals surface area contributed by atoms with Gasteiger partial charge in [-0.1, -0.05) is 22.6 Å². The highest BCUT2D eigenvalue weighted by Crippen LogP contribution is 2.18. The van der Waals surface area contributed by atoms with Gasteiger partial charge in [-0.2, -0.15) is 0 Å². The normalized spacial score (nSPS) is 22.1. The zero-order valence-corrected chi connectivity index (χ0v) is 13.5. The molecule has 0 radical (unpaired) electrons. The molecule has 106 valence electrons. The second-order valence-electron chi connectivity index (χ2n) is 5.47. The summed E-state index contributed by atoms with van der Waals surface area (Å²) in [4.78, 5) is 16.0. The Kier molecular flexibility index (Phi) is 6.13. The van der Waals surface area contributed by atoms with E-state index in [1.165, 1.54) is 0 Å². The molecule has 1 saturated heterocycles. The Labute approximate surface area is 123 Å². The molecule has 1 N–H and O–H groups in total. The maximum atomic E-state index is 11.9. The SMILES string of the molecule is CC(C)(C)OC(=O)N1CCN(CCCO)[C@@H](I)C1. The van der Waals surface area contributed by atoms with Gasteiger partial charge in [-0.25, -0.2) is 4.79 Å². The van der Waals surface area contributed by atoms with E-state index >= 15 is 0 Å². The number of halogens is 1. The van der Waals surface area contributed by atoms with Crippen molar-refractivity contribution in [1.82, 2.24) is 9.80 Å². The Balaban J connectivity index is 2.43. The fourth-order valence-corrected chi connectivity index (χ4v) is 2.83. The molecule has 0 spiro atoms. The van der Waals surface area contributed by atoms with Crippen molar-refractivity contribution in [1.29, 1.82) is 0 Å². The van der Waals surface area contributed by atoms with E-state index in [1.807, 2.05) is 20.8 Å². The number of nitrogens with zero attached hydrogens (tertiary/aromatic N) is 2. The van der Waals surface area contributed by atoms with Crippen LogP contribution in [-0.4, -0.2) is 63.4 Å². The van der Waals surface area contributed by atoms with Gasteiger partial charge in [0.2, 0.25) is 0 Å². The van der Waals surface area contributed by atoms with Gasteiger partial charge in [-0.3, -0.25) is 4.90 Å². The van der Waals surface area contributed by atoms with Crippen molar-refractivity contribution >= 4 is 28.7 Å². The lowest BCUT2D eigenvalue weighted by atomic mass is 10.2. The van der Waals surface area contributed by atoms with Gasteiger partial charge in [0.1, 0.15) is 5.60 Å². The van der Waals surface area contributed by atoms with Gasteiger partial charge < -0.3 is 14.7 Å². The molecular weight excluding hydrogens is 347 g/mol. The van der Waals surface area contributed by atoms with Gasteiger partial charge in [0.15, 0.2) is 0 Å². The first-order valence-corrected chi connectivity index (χ1v) is 7.55. The van der Waals surface area contributed by atoms with Crippen molar-refractivity contribution in [2.45, 2.75) is 36.8 Å². The van der Waals surface area contributed by atoms with Crippen molar-refractivity contribution in [3.8, 4) is 0 Å². The summed E-state index contributed by atoms with van der Waals surface area (Å²) >= 11 is 2.34. The molecule has 5 nitrogen and oxygen atoms in total. The van der Waals surface area contributed by atoms with Crippen LogP contribution in [0.4, 0.5) is 4.79 Å². The predicted octanol–water partition coefficient (Wildman–Crippen LogP) is 1.68. The van der Waals surface area contributed by atoms with Crippen LogP contribution >= 0.6 is 22.6 Å². The van der Waals surface area contributed by atoms with Crippen LogP contribution in [0.15, 0.2) is 0 Å². The first kappa shape index (κ1) is 16.0. The Morgan fingerprint density at radius 1 is 1.44 bits per heavy atom. The molecule has 0 bridgehead atoms. The lowest BCUT2D eigenvalue weighted by Crippen LogP contribution is -2.53. The topological polar surface area (TPSA) is 53.0 Å². The molecule has 1 amide bonds. The average Bonchev–Trinajstić information content (AvgIpc) is 2.25. The van der Waals surface area contributed by atoms with Crippen molar-refractivity contribution in [2.24, 2.45) is 0 Å². The monoisotopic (exact) mass is 370 g/mol. The van der Waals surface area contributed by atoms with E-state index in [0.717, 1.165) is 19.5 Å². The number of hydrogen-bond acceptors (Lipinski definition) is 4. The number of piperazine rings is 1. The maximum Gasteiger partial charge on any atom is 0.410 e. The summed E-state index contributed by atoms with van der Waals surface area (Å²) < 4.78 is 5.65. The van der Waals surface area contributed by atoms with E-state index in [9.17, 15) is 4.79 Å². The minimum atomic E-state index is -0.439. The molecule has 1 aliphatic heterocycles. The summed E-state index contributed by atoms with van der Waals surface area (Å²) in [6.45, 7) is 8.95. The number of rotatable bonds is 3. The first-order chi connectivity index (χ1) is 8.33. The molecule has 1 heterocycles. The standard InChI is InChI=1S/C12H23IN2O3/c1-12(2,3)18-11(17)15-7-6-14(5-4-8-16)10(13)9-15/h10,16H,4-9H2,1-3H3/t10-/m1/s1. The quantitative estimate of drug-likeness (QED) is 0.467. The smallest absolute Gasteiger partial charge is 0.410 e. The van der Waals surface area contributed by atoms with E-state index in [4.69, 9.17) is 9.84 Å². The van der Waals surface area contributed by atoms with Crippen molar-refractivity contribution < 1.29 is 14.6 Å². The minimum Gasteiger partial charge on any atom is -0.444 e. The second-order valence-corrected chi connectivity index (χ2v) is 6.91. The molecule has 0 aromatic carbocycles. The van der Waals surface area contributed by atoms with Crippen LogP contribution in [0.5, 0.6) is 0 Å². The fraction of sp³-hybridized carbons (Fsp3) is 0.917. The Hall–Kier alpha value is -0.0800. The number of carbonyl (C=O) groups is 1. The summed E-state index contributed by atoms with van der Waals surface area (Å²) in [5.41, 5.74) is -0.439. The summed E-state index contributed by atoms with van der Waals surface area (Å²) in [7, 11) is 0. The summed E-state index contributed by atoms with van der Waals surface area (Å²) in [6, 6.07) is 0.